The van der Waals surface area contributed by atoms with Crippen LogP contribution in [0.1, 0.15) is 49.1 Å². The maximum absolute atomic E-state index is 16.5. The number of benzene rings is 3. The molecule has 0 saturated heterocycles. The first-order chi connectivity index (χ1) is 18.2. The van der Waals surface area contributed by atoms with E-state index in [1.54, 1.807) is 0 Å². The fraction of sp³-hybridized carbons (Fsp3) is 0.324. The van der Waals surface area contributed by atoms with Crippen molar-refractivity contribution in [2.45, 2.75) is 62.2 Å². The van der Waals surface area contributed by atoms with Crippen LogP contribution in [-0.2, 0) is 7.05 Å². The summed E-state index contributed by atoms with van der Waals surface area (Å²) in [7, 11) is 2.06. The van der Waals surface area contributed by atoms with Crippen LogP contribution < -0.4 is 8.96 Å². The standard InChI is InChI=1S/C34H37FGeNO/c1-22-14-19-26-27-21-28(36(2,3)4)32(35)31(25-17-15-24(16-18-25)23-11-7-6-8-12-23)34(27)38-33(26)30(22)29-13-9-10-20-37(29)5/h9-10,13-21,23H,6-8,11-12H2,1-5H3/q+1. The van der Waals surface area contributed by atoms with Gasteiger partial charge in [0, 0.05) is 0 Å². The molecule has 0 spiro atoms. The molecule has 1 fully saturated rings. The zero-order valence-electron chi connectivity index (χ0n) is 23.2. The zero-order valence-corrected chi connectivity index (χ0v) is 25.3. The van der Waals surface area contributed by atoms with Gasteiger partial charge in [0.25, 0.3) is 0 Å². The Balaban J connectivity index is 1.63. The number of pyridine rings is 1. The number of aromatic nitrogens is 1. The van der Waals surface area contributed by atoms with Crippen LogP contribution in [0, 0.1) is 12.7 Å². The molecule has 0 bridgehead atoms. The van der Waals surface area contributed by atoms with Gasteiger partial charge in [-0.2, -0.15) is 0 Å². The number of rotatable bonds is 4. The molecular formula is C34H37FGeNO+. The molecule has 2 aromatic heterocycles. The van der Waals surface area contributed by atoms with Gasteiger partial charge in [0.15, 0.2) is 0 Å². The summed E-state index contributed by atoms with van der Waals surface area (Å²) < 4.78 is 26.3. The number of aryl methyl sites for hydroxylation is 2. The van der Waals surface area contributed by atoms with Crippen molar-refractivity contribution in [2.75, 3.05) is 0 Å². The van der Waals surface area contributed by atoms with Crippen molar-refractivity contribution in [1.82, 2.24) is 0 Å². The Bertz CT molecular complexity index is 1650. The monoisotopic (exact) mass is 568 g/mol. The number of fused-ring (bicyclic) bond motifs is 3. The van der Waals surface area contributed by atoms with Crippen molar-refractivity contribution in [3.05, 3.63) is 83.8 Å². The van der Waals surface area contributed by atoms with E-state index in [-0.39, 0.29) is 5.82 Å². The van der Waals surface area contributed by atoms with E-state index in [2.05, 4.69) is 96.6 Å². The number of hydrogen-bond donors (Lipinski definition) is 0. The van der Waals surface area contributed by atoms with Crippen LogP contribution in [-0.4, -0.2) is 13.3 Å². The van der Waals surface area contributed by atoms with Gasteiger partial charge < -0.3 is 0 Å². The van der Waals surface area contributed by atoms with Gasteiger partial charge in [0.2, 0.25) is 0 Å². The van der Waals surface area contributed by atoms with E-state index in [0.29, 0.717) is 17.1 Å². The molecule has 0 atom stereocenters. The summed E-state index contributed by atoms with van der Waals surface area (Å²) in [5, 5.41) is 2.07. The van der Waals surface area contributed by atoms with Gasteiger partial charge in [0.05, 0.1) is 0 Å². The molecule has 5 aromatic rings. The second-order valence-corrected chi connectivity index (χ2v) is 22.7. The topological polar surface area (TPSA) is 17.0 Å². The molecule has 0 radical (unpaired) electrons. The minimum absolute atomic E-state index is 0.0991. The van der Waals surface area contributed by atoms with E-state index in [1.807, 2.05) is 6.07 Å². The Labute approximate surface area is 227 Å². The fourth-order valence-electron chi connectivity index (χ4n) is 6.31. The van der Waals surface area contributed by atoms with Gasteiger partial charge >= 0.3 is 228 Å². The van der Waals surface area contributed by atoms with Crippen molar-refractivity contribution < 1.29 is 13.4 Å². The summed E-state index contributed by atoms with van der Waals surface area (Å²) in [6.45, 7) is 2.12. The summed E-state index contributed by atoms with van der Waals surface area (Å²) in [5.74, 6) is 7.33. The quantitative estimate of drug-likeness (QED) is 0.157. The molecule has 1 saturated carbocycles. The molecule has 3 aromatic carbocycles. The normalized spacial score (nSPS) is 15.0. The van der Waals surface area contributed by atoms with Crippen LogP contribution in [0.25, 0.3) is 44.3 Å². The van der Waals surface area contributed by atoms with Gasteiger partial charge in [-0.15, -0.1) is 0 Å². The van der Waals surface area contributed by atoms with Gasteiger partial charge in [-0.25, -0.2) is 0 Å². The first kappa shape index (κ1) is 25.4. The Morgan fingerprint density at radius 2 is 1.55 bits per heavy atom. The predicted octanol–water partition coefficient (Wildman–Crippen LogP) is 8.78. The summed E-state index contributed by atoms with van der Waals surface area (Å²) in [6.07, 6.45) is 8.53. The van der Waals surface area contributed by atoms with E-state index < -0.39 is 13.3 Å². The van der Waals surface area contributed by atoms with E-state index in [1.165, 1.54) is 37.7 Å². The first-order valence-corrected chi connectivity index (χ1v) is 21.3. The van der Waals surface area contributed by atoms with Crippen LogP contribution in [0.3, 0.4) is 0 Å². The third kappa shape index (κ3) is 4.29. The molecule has 194 valence electrons. The second kappa shape index (κ2) is 9.68. The van der Waals surface area contributed by atoms with Crippen LogP contribution in [0.5, 0.6) is 0 Å². The van der Waals surface area contributed by atoms with Crippen LogP contribution in [0.4, 0.5) is 4.39 Å². The number of hydrogen-bond acceptors (Lipinski definition) is 1. The molecule has 4 heteroatoms. The number of halogens is 1. The zero-order chi connectivity index (χ0) is 26.6. The van der Waals surface area contributed by atoms with E-state index >= 15 is 4.39 Å². The first-order valence-electron chi connectivity index (χ1n) is 14.0. The Kier molecular flexibility index (Phi) is 6.46. The van der Waals surface area contributed by atoms with Crippen LogP contribution in [0.15, 0.2) is 71.3 Å². The molecule has 0 amide bonds. The second-order valence-electron chi connectivity index (χ2n) is 12.1. The molecule has 0 unspecified atom stereocenters. The minimum atomic E-state index is -2.55. The SMILES string of the molecule is Cc1ccc2c(oc3c(-c4ccc(C5CCCCC5)cc4)c(F)[c]([Ge]([CH3])([CH3])[CH3])cc32)c1-c1cccc[n+]1C. The predicted molar refractivity (Wildman–Crippen MR) is 159 cm³/mol. The molecule has 0 N–H and O–H groups in total. The average Bonchev–Trinajstić information content (AvgIpc) is 3.27. The molecule has 1 aliphatic carbocycles. The summed E-state index contributed by atoms with van der Waals surface area (Å²) in [5.41, 5.74) is 7.69. The number of furan rings is 1. The molecule has 1 aliphatic rings. The molecule has 2 heterocycles. The van der Waals surface area contributed by atoms with Crippen molar-refractivity contribution in [2.24, 2.45) is 7.05 Å². The fourth-order valence-corrected chi connectivity index (χ4v) is 9.17. The Morgan fingerprint density at radius 3 is 2.24 bits per heavy atom. The number of nitrogens with zero attached hydrogens (tertiary/aromatic N) is 1. The van der Waals surface area contributed by atoms with Crippen LogP contribution >= 0.6 is 0 Å². The van der Waals surface area contributed by atoms with Crippen molar-refractivity contribution >= 4 is 39.6 Å². The van der Waals surface area contributed by atoms with Gasteiger partial charge in [-0.05, 0) is 0 Å². The van der Waals surface area contributed by atoms with E-state index in [4.69, 9.17) is 4.42 Å². The van der Waals surface area contributed by atoms with Gasteiger partial charge in [-0.1, -0.05) is 0 Å². The summed E-state index contributed by atoms with van der Waals surface area (Å²) in [4.78, 5) is 0. The van der Waals surface area contributed by atoms with Gasteiger partial charge in [-0.3, -0.25) is 0 Å². The molecule has 2 nitrogen and oxygen atoms in total. The molecule has 0 aliphatic heterocycles. The average molecular weight is 567 g/mol. The maximum atomic E-state index is 16.5. The van der Waals surface area contributed by atoms with Gasteiger partial charge in [0.1, 0.15) is 0 Å². The Morgan fingerprint density at radius 1 is 0.842 bits per heavy atom. The molecule has 6 rings (SSSR count). The van der Waals surface area contributed by atoms with Crippen molar-refractivity contribution in [1.29, 1.82) is 0 Å². The molecule has 38 heavy (non-hydrogen) atoms. The van der Waals surface area contributed by atoms with Crippen molar-refractivity contribution in [3.8, 4) is 22.4 Å². The van der Waals surface area contributed by atoms with Crippen molar-refractivity contribution in [3.63, 3.8) is 0 Å². The summed E-state index contributed by atoms with van der Waals surface area (Å²) >= 11 is -2.55. The Hall–Kier alpha value is -2.92. The van der Waals surface area contributed by atoms with E-state index in [0.717, 1.165) is 43.1 Å². The third-order valence-corrected chi connectivity index (χ3v) is 12.6. The van der Waals surface area contributed by atoms with Crippen LogP contribution in [0.2, 0.25) is 17.3 Å². The summed E-state index contributed by atoms with van der Waals surface area (Å²) in [6, 6.07) is 21.3. The molecular weight excluding hydrogens is 530 g/mol. The third-order valence-electron chi connectivity index (χ3n) is 8.47. The van der Waals surface area contributed by atoms with E-state index in [9.17, 15) is 0 Å².